The molecule has 4 nitrogen and oxygen atoms in total. The van der Waals surface area contributed by atoms with Crippen LogP contribution in [-0.2, 0) is 6.42 Å². The zero-order valence-electron chi connectivity index (χ0n) is 9.29. The van der Waals surface area contributed by atoms with E-state index in [2.05, 4.69) is 12.2 Å². The monoisotopic (exact) mass is 217 g/mol. The Morgan fingerprint density at radius 1 is 1.50 bits per heavy atom. The molecule has 0 atom stereocenters. The highest BCUT2D eigenvalue weighted by Gasteiger charge is 2.00. The van der Waals surface area contributed by atoms with Crippen molar-refractivity contribution in [3.05, 3.63) is 29.8 Å². The number of urea groups is 1. The molecule has 1 rings (SSSR count). The third kappa shape index (κ3) is 4.01. The molecule has 16 heavy (non-hydrogen) atoms. The lowest BCUT2D eigenvalue weighted by molar-refractivity contribution is 0.255. The van der Waals surface area contributed by atoms with Crippen LogP contribution in [0.4, 0.5) is 10.5 Å². The van der Waals surface area contributed by atoms with Gasteiger partial charge in [-0.25, -0.2) is 10.1 Å². The standard InChI is InChI=1S/C12H15N3O/c1-2-3-5-10-6-4-7-11(8-10)15-12(16)14-9-13/h4,6-8H,2-3,5H2,1H3,(H2,14,15,16). The van der Waals surface area contributed by atoms with Gasteiger partial charge in [-0.1, -0.05) is 25.5 Å². The lowest BCUT2D eigenvalue weighted by atomic mass is 10.1. The van der Waals surface area contributed by atoms with Crippen molar-refractivity contribution in [3.8, 4) is 6.19 Å². The topological polar surface area (TPSA) is 64.9 Å². The van der Waals surface area contributed by atoms with Crippen LogP contribution in [0.3, 0.4) is 0 Å². The van der Waals surface area contributed by atoms with Crippen LogP contribution in [0.2, 0.25) is 0 Å². The van der Waals surface area contributed by atoms with E-state index in [4.69, 9.17) is 5.26 Å². The Balaban J connectivity index is 2.60. The highest BCUT2D eigenvalue weighted by Crippen LogP contribution is 2.12. The minimum absolute atomic E-state index is 0.504. The van der Waals surface area contributed by atoms with E-state index in [1.54, 1.807) is 12.3 Å². The van der Waals surface area contributed by atoms with E-state index in [-0.39, 0.29) is 0 Å². The van der Waals surface area contributed by atoms with Crippen molar-refractivity contribution in [2.24, 2.45) is 0 Å². The molecule has 2 N–H and O–H groups in total. The number of hydrogen-bond donors (Lipinski definition) is 2. The number of amides is 2. The molecule has 0 aliphatic heterocycles. The third-order valence-corrected chi connectivity index (χ3v) is 2.17. The van der Waals surface area contributed by atoms with Crippen LogP contribution >= 0.6 is 0 Å². The summed E-state index contributed by atoms with van der Waals surface area (Å²) in [6.45, 7) is 2.14. The Morgan fingerprint density at radius 3 is 3.00 bits per heavy atom. The van der Waals surface area contributed by atoms with E-state index < -0.39 is 6.03 Å². The van der Waals surface area contributed by atoms with Gasteiger partial charge < -0.3 is 5.32 Å². The molecule has 0 unspecified atom stereocenters. The van der Waals surface area contributed by atoms with Crippen molar-refractivity contribution >= 4 is 11.7 Å². The molecule has 1 aromatic rings. The zero-order valence-corrected chi connectivity index (χ0v) is 9.29. The molecule has 0 saturated carbocycles. The van der Waals surface area contributed by atoms with Crippen LogP contribution in [-0.4, -0.2) is 6.03 Å². The second-order valence-electron chi connectivity index (χ2n) is 3.49. The highest BCUT2D eigenvalue weighted by molar-refractivity contribution is 5.90. The van der Waals surface area contributed by atoms with Crippen molar-refractivity contribution < 1.29 is 4.79 Å². The van der Waals surface area contributed by atoms with Gasteiger partial charge in [0.2, 0.25) is 0 Å². The number of nitrogens with zero attached hydrogens (tertiary/aromatic N) is 1. The van der Waals surface area contributed by atoms with Gasteiger partial charge in [0.15, 0.2) is 6.19 Å². The first-order valence-electron chi connectivity index (χ1n) is 5.31. The average molecular weight is 217 g/mol. The molecule has 0 aliphatic rings. The van der Waals surface area contributed by atoms with Crippen molar-refractivity contribution in [1.82, 2.24) is 5.32 Å². The van der Waals surface area contributed by atoms with Crippen molar-refractivity contribution in [2.75, 3.05) is 5.32 Å². The largest absolute Gasteiger partial charge is 0.332 e. The van der Waals surface area contributed by atoms with E-state index in [0.29, 0.717) is 5.69 Å². The van der Waals surface area contributed by atoms with Crippen molar-refractivity contribution in [3.63, 3.8) is 0 Å². The minimum Gasteiger partial charge on any atom is -0.307 e. The van der Waals surface area contributed by atoms with Crippen LogP contribution in [0.5, 0.6) is 0 Å². The van der Waals surface area contributed by atoms with Crippen LogP contribution in [0.1, 0.15) is 25.3 Å². The van der Waals surface area contributed by atoms with E-state index >= 15 is 0 Å². The molecular weight excluding hydrogens is 202 g/mol. The Bertz CT molecular complexity index is 395. The summed E-state index contributed by atoms with van der Waals surface area (Å²) in [5.74, 6) is 0. The molecule has 1 aromatic carbocycles. The maximum atomic E-state index is 11.1. The van der Waals surface area contributed by atoms with Crippen LogP contribution in [0.25, 0.3) is 0 Å². The van der Waals surface area contributed by atoms with E-state index in [0.717, 1.165) is 19.3 Å². The van der Waals surface area contributed by atoms with Crippen molar-refractivity contribution in [1.29, 1.82) is 5.26 Å². The molecular formula is C12H15N3O. The zero-order chi connectivity index (χ0) is 11.8. The summed E-state index contributed by atoms with van der Waals surface area (Å²) in [5, 5.41) is 12.9. The maximum Gasteiger partial charge on any atom is 0.332 e. The number of carbonyl (C=O) groups excluding carboxylic acids is 1. The number of hydrogen-bond acceptors (Lipinski definition) is 2. The molecule has 84 valence electrons. The summed E-state index contributed by atoms with van der Waals surface area (Å²) in [7, 11) is 0. The second-order valence-corrected chi connectivity index (χ2v) is 3.49. The van der Waals surface area contributed by atoms with Crippen molar-refractivity contribution in [2.45, 2.75) is 26.2 Å². The number of benzene rings is 1. The first-order chi connectivity index (χ1) is 7.76. The van der Waals surface area contributed by atoms with Gasteiger partial charge in [-0.05, 0) is 30.5 Å². The second kappa shape index (κ2) is 6.46. The van der Waals surface area contributed by atoms with Gasteiger partial charge in [-0.2, -0.15) is 5.26 Å². The average Bonchev–Trinajstić information content (AvgIpc) is 2.27. The molecule has 0 bridgehead atoms. The smallest absolute Gasteiger partial charge is 0.307 e. The lowest BCUT2D eigenvalue weighted by Crippen LogP contribution is -2.24. The van der Waals surface area contributed by atoms with Crippen LogP contribution in [0.15, 0.2) is 24.3 Å². The SMILES string of the molecule is CCCCc1cccc(NC(=O)NC#N)c1. The molecule has 4 heteroatoms. The number of rotatable bonds is 4. The summed E-state index contributed by atoms with van der Waals surface area (Å²) >= 11 is 0. The number of anilines is 1. The van der Waals surface area contributed by atoms with E-state index in [9.17, 15) is 4.79 Å². The van der Waals surface area contributed by atoms with Gasteiger partial charge in [0.25, 0.3) is 0 Å². The molecule has 2 amide bonds. The number of carbonyl (C=O) groups is 1. The van der Waals surface area contributed by atoms with Crippen LogP contribution < -0.4 is 10.6 Å². The number of nitrogens with one attached hydrogen (secondary N) is 2. The molecule has 0 radical (unpaired) electrons. The molecule has 0 heterocycles. The Labute approximate surface area is 95.3 Å². The minimum atomic E-state index is -0.504. The first-order valence-corrected chi connectivity index (χ1v) is 5.31. The van der Waals surface area contributed by atoms with Crippen LogP contribution in [0, 0.1) is 11.5 Å². The fraction of sp³-hybridized carbons (Fsp3) is 0.333. The Morgan fingerprint density at radius 2 is 2.31 bits per heavy atom. The number of aryl methyl sites for hydroxylation is 1. The van der Waals surface area contributed by atoms with Gasteiger partial charge >= 0.3 is 6.03 Å². The molecule has 0 aromatic heterocycles. The molecule has 0 saturated heterocycles. The summed E-state index contributed by atoms with van der Waals surface area (Å²) in [4.78, 5) is 11.1. The third-order valence-electron chi connectivity index (χ3n) is 2.17. The Hall–Kier alpha value is -2.02. The molecule has 0 fully saturated rings. The number of unbranched alkanes of at least 4 members (excludes halogenated alkanes) is 1. The van der Waals surface area contributed by atoms with Gasteiger partial charge in [-0.15, -0.1) is 0 Å². The van der Waals surface area contributed by atoms with Gasteiger partial charge in [0, 0.05) is 5.69 Å². The normalized spacial score (nSPS) is 9.25. The summed E-state index contributed by atoms with van der Waals surface area (Å²) in [6, 6.07) is 7.14. The van der Waals surface area contributed by atoms with Gasteiger partial charge in [0.05, 0.1) is 0 Å². The molecule has 0 spiro atoms. The van der Waals surface area contributed by atoms with Gasteiger partial charge in [0.1, 0.15) is 0 Å². The predicted molar refractivity (Wildman–Crippen MR) is 62.8 cm³/mol. The van der Waals surface area contributed by atoms with E-state index in [1.807, 2.05) is 23.5 Å². The maximum absolute atomic E-state index is 11.1. The fourth-order valence-corrected chi connectivity index (χ4v) is 1.40. The van der Waals surface area contributed by atoms with E-state index in [1.165, 1.54) is 5.56 Å². The highest BCUT2D eigenvalue weighted by atomic mass is 16.2. The summed E-state index contributed by atoms with van der Waals surface area (Å²) in [5.41, 5.74) is 1.90. The summed E-state index contributed by atoms with van der Waals surface area (Å²) < 4.78 is 0. The lowest BCUT2D eigenvalue weighted by Gasteiger charge is -2.05. The fourth-order valence-electron chi connectivity index (χ4n) is 1.40. The first kappa shape index (κ1) is 12.1. The Kier molecular flexibility index (Phi) is 4.87. The summed E-state index contributed by atoms with van der Waals surface area (Å²) in [6.07, 6.45) is 4.86. The molecule has 0 aliphatic carbocycles. The predicted octanol–water partition coefficient (Wildman–Crippen LogP) is 2.63. The number of nitriles is 1. The quantitative estimate of drug-likeness (QED) is 0.601. The van der Waals surface area contributed by atoms with Gasteiger partial charge in [-0.3, -0.25) is 0 Å².